The molecule has 1 fully saturated rings. The number of carbonyl (C=O) groups is 2. The molecule has 0 bridgehead atoms. The molecule has 2 aromatic heterocycles. The van der Waals surface area contributed by atoms with E-state index in [4.69, 9.17) is 4.52 Å². The first kappa shape index (κ1) is 29.0. The number of carbonyl (C=O) groups excluding carboxylic acids is 1. The summed E-state index contributed by atoms with van der Waals surface area (Å²) in [7, 11) is 0. The number of nitrogens with one attached hydrogen (secondary N) is 1. The van der Waals surface area contributed by atoms with E-state index in [9.17, 15) is 14.7 Å². The van der Waals surface area contributed by atoms with E-state index in [-0.39, 0.29) is 29.2 Å². The fraction of sp³-hybridized carbons (Fsp3) is 0.483. The van der Waals surface area contributed by atoms with E-state index < -0.39 is 17.8 Å². The van der Waals surface area contributed by atoms with Gasteiger partial charge >= 0.3 is 6.09 Å². The Morgan fingerprint density at radius 1 is 1.15 bits per heavy atom. The van der Waals surface area contributed by atoms with Gasteiger partial charge in [-0.2, -0.15) is 4.98 Å². The van der Waals surface area contributed by atoms with Crippen molar-refractivity contribution in [2.24, 2.45) is 5.41 Å². The van der Waals surface area contributed by atoms with Crippen LogP contribution in [0.1, 0.15) is 69.2 Å². The Bertz CT molecular complexity index is 1410. The van der Waals surface area contributed by atoms with Crippen molar-refractivity contribution in [1.82, 2.24) is 25.3 Å². The lowest BCUT2D eigenvalue weighted by atomic mass is 9.84. The first-order valence-electron chi connectivity index (χ1n) is 13.3. The fourth-order valence-electron chi connectivity index (χ4n) is 4.85. The highest BCUT2D eigenvalue weighted by Crippen LogP contribution is 2.37. The monoisotopic (exact) mass is 552 g/mol. The van der Waals surface area contributed by atoms with Gasteiger partial charge in [-0.15, -0.1) is 0 Å². The average Bonchev–Trinajstić information content (AvgIpc) is 3.38. The highest BCUT2D eigenvalue weighted by atomic mass is 19.1. The Hall–Kier alpha value is -4.02. The summed E-state index contributed by atoms with van der Waals surface area (Å²) in [5, 5.41) is 16.3. The molecule has 11 heteroatoms. The van der Waals surface area contributed by atoms with E-state index in [0.29, 0.717) is 42.3 Å². The number of hydrogen-bond donors (Lipinski definition) is 2. The molecule has 1 aliphatic heterocycles. The number of rotatable bonds is 5. The standard InChI is InChI=1S/C29H37FN6O4/c1-17-12-18(8-9-19(17)13-32-25(37)24-33-26(40-34-24)29(5,6)7)23-20(30)14-31-15-21(23)35-10-11-36(27(38)39)22(16-35)28(2,3)4/h8-9,12,14-15,22H,10-11,13,16H2,1-7H3,(H,32,37)(H,38,39). The predicted molar refractivity (Wildman–Crippen MR) is 149 cm³/mol. The third-order valence-electron chi connectivity index (χ3n) is 7.19. The summed E-state index contributed by atoms with van der Waals surface area (Å²) < 4.78 is 20.5. The summed E-state index contributed by atoms with van der Waals surface area (Å²) in [4.78, 5) is 36.2. The highest BCUT2D eigenvalue weighted by molar-refractivity contribution is 5.90. The number of amides is 2. The first-order valence-corrected chi connectivity index (χ1v) is 13.3. The maximum atomic E-state index is 15.3. The van der Waals surface area contributed by atoms with Gasteiger partial charge in [0.1, 0.15) is 0 Å². The summed E-state index contributed by atoms with van der Waals surface area (Å²) in [6.45, 7) is 15.1. The zero-order valence-electron chi connectivity index (χ0n) is 24.1. The van der Waals surface area contributed by atoms with Crippen LogP contribution in [0, 0.1) is 18.2 Å². The number of pyridine rings is 1. The van der Waals surface area contributed by atoms with Gasteiger partial charge in [0.25, 0.3) is 11.7 Å². The molecule has 0 spiro atoms. The van der Waals surface area contributed by atoms with Crippen LogP contribution < -0.4 is 10.2 Å². The number of aromatic nitrogens is 3. The second kappa shape index (κ2) is 10.9. The van der Waals surface area contributed by atoms with Gasteiger partial charge in [-0.3, -0.25) is 9.78 Å². The van der Waals surface area contributed by atoms with Crippen molar-refractivity contribution in [1.29, 1.82) is 0 Å². The molecular formula is C29H37FN6O4. The van der Waals surface area contributed by atoms with Gasteiger partial charge in [0.05, 0.1) is 24.1 Å². The molecule has 1 aromatic carbocycles. The summed E-state index contributed by atoms with van der Waals surface area (Å²) in [6, 6.07) is 5.27. The minimum Gasteiger partial charge on any atom is -0.465 e. The van der Waals surface area contributed by atoms with Gasteiger partial charge in [-0.1, -0.05) is 64.9 Å². The zero-order chi connectivity index (χ0) is 29.4. The number of anilines is 1. The SMILES string of the molecule is Cc1cc(-c2c(F)cncc2N2CCN(C(=O)O)C(C(C)(C)C)C2)ccc1CNC(=O)c1noc(C(C)(C)C)n1. The van der Waals surface area contributed by atoms with Crippen LogP contribution in [-0.2, 0) is 12.0 Å². The number of aryl methyl sites for hydroxylation is 1. The predicted octanol–water partition coefficient (Wildman–Crippen LogP) is 5.02. The molecule has 3 aromatic rings. The quantitative estimate of drug-likeness (QED) is 0.452. The molecule has 1 aliphatic rings. The third-order valence-corrected chi connectivity index (χ3v) is 7.19. The maximum absolute atomic E-state index is 15.3. The molecule has 10 nitrogen and oxygen atoms in total. The lowest BCUT2D eigenvalue weighted by Crippen LogP contribution is -2.59. The topological polar surface area (TPSA) is 125 Å². The van der Waals surface area contributed by atoms with Crippen molar-refractivity contribution in [2.45, 2.75) is 66.5 Å². The molecule has 0 radical (unpaired) electrons. The zero-order valence-corrected chi connectivity index (χ0v) is 24.1. The van der Waals surface area contributed by atoms with Crippen LogP contribution in [0.25, 0.3) is 11.1 Å². The number of piperazine rings is 1. The normalized spacial score (nSPS) is 16.2. The van der Waals surface area contributed by atoms with Crippen LogP contribution >= 0.6 is 0 Å². The molecule has 1 atom stereocenters. The molecule has 0 aliphatic carbocycles. The fourth-order valence-corrected chi connectivity index (χ4v) is 4.85. The molecule has 214 valence electrons. The van der Waals surface area contributed by atoms with Gasteiger partial charge < -0.3 is 24.7 Å². The van der Waals surface area contributed by atoms with Crippen LogP contribution in [-0.4, -0.2) is 62.8 Å². The number of benzene rings is 1. The molecule has 2 amide bonds. The van der Waals surface area contributed by atoms with Gasteiger partial charge in [-0.25, -0.2) is 9.18 Å². The maximum Gasteiger partial charge on any atom is 0.407 e. The second-order valence-corrected chi connectivity index (χ2v) is 12.3. The van der Waals surface area contributed by atoms with Crippen LogP contribution in [0.2, 0.25) is 0 Å². The number of carboxylic acid groups (broad SMARTS) is 1. The van der Waals surface area contributed by atoms with E-state index in [1.807, 2.05) is 71.6 Å². The lowest BCUT2D eigenvalue weighted by molar-refractivity contribution is 0.0748. The van der Waals surface area contributed by atoms with Crippen LogP contribution in [0.4, 0.5) is 14.9 Å². The Morgan fingerprint density at radius 3 is 2.48 bits per heavy atom. The van der Waals surface area contributed by atoms with Gasteiger partial charge in [0.2, 0.25) is 5.89 Å². The summed E-state index contributed by atoms with van der Waals surface area (Å²) >= 11 is 0. The van der Waals surface area contributed by atoms with Crippen molar-refractivity contribution in [3.8, 4) is 11.1 Å². The number of nitrogens with zero attached hydrogens (tertiary/aromatic N) is 5. The molecule has 40 heavy (non-hydrogen) atoms. The average molecular weight is 553 g/mol. The Balaban J connectivity index is 1.55. The van der Waals surface area contributed by atoms with Crippen LogP contribution in [0.3, 0.4) is 0 Å². The highest BCUT2D eigenvalue weighted by Gasteiger charge is 2.39. The summed E-state index contributed by atoms with van der Waals surface area (Å²) in [5.41, 5.74) is 2.75. The van der Waals surface area contributed by atoms with Crippen molar-refractivity contribution in [3.63, 3.8) is 0 Å². The Labute approximate surface area is 233 Å². The van der Waals surface area contributed by atoms with Crippen molar-refractivity contribution < 1.29 is 23.6 Å². The Morgan fingerprint density at radius 2 is 1.88 bits per heavy atom. The largest absolute Gasteiger partial charge is 0.465 e. The molecule has 1 unspecified atom stereocenters. The minimum atomic E-state index is -0.954. The lowest BCUT2D eigenvalue weighted by Gasteiger charge is -2.47. The molecule has 3 heterocycles. The van der Waals surface area contributed by atoms with Gasteiger partial charge in [0, 0.05) is 37.2 Å². The summed E-state index contributed by atoms with van der Waals surface area (Å²) in [5.74, 6) is -0.553. The number of hydrogen-bond acceptors (Lipinski definition) is 7. The number of halogens is 1. The third kappa shape index (κ3) is 6.08. The molecule has 4 rings (SSSR count). The molecular weight excluding hydrogens is 515 g/mol. The minimum absolute atomic E-state index is 0.0285. The smallest absolute Gasteiger partial charge is 0.407 e. The summed E-state index contributed by atoms with van der Waals surface area (Å²) in [6.07, 6.45) is 1.87. The van der Waals surface area contributed by atoms with Gasteiger partial charge in [-0.05, 0) is 29.0 Å². The van der Waals surface area contributed by atoms with E-state index >= 15 is 4.39 Å². The van der Waals surface area contributed by atoms with Crippen LogP contribution in [0.5, 0.6) is 0 Å². The van der Waals surface area contributed by atoms with Crippen LogP contribution in [0.15, 0.2) is 35.1 Å². The van der Waals surface area contributed by atoms with E-state index in [1.165, 1.54) is 11.1 Å². The van der Waals surface area contributed by atoms with E-state index in [1.54, 1.807) is 6.20 Å². The van der Waals surface area contributed by atoms with Gasteiger partial charge in [0.15, 0.2) is 5.82 Å². The first-order chi connectivity index (χ1) is 18.7. The van der Waals surface area contributed by atoms with Crippen molar-refractivity contribution in [3.05, 3.63) is 59.3 Å². The van der Waals surface area contributed by atoms with E-state index in [0.717, 1.165) is 11.1 Å². The Kier molecular flexibility index (Phi) is 7.87. The molecule has 2 N–H and O–H groups in total. The van der Waals surface area contributed by atoms with Crippen molar-refractivity contribution >= 4 is 17.7 Å². The molecule has 1 saturated heterocycles. The van der Waals surface area contributed by atoms with E-state index in [2.05, 4.69) is 20.4 Å². The molecule has 0 saturated carbocycles. The second-order valence-electron chi connectivity index (χ2n) is 12.3. The van der Waals surface area contributed by atoms with Crippen molar-refractivity contribution in [2.75, 3.05) is 24.5 Å².